The minimum Gasteiger partial charge on any atom is -0.463 e. The Kier molecular flexibility index (Phi) is 6.62. The highest BCUT2D eigenvalue weighted by Gasteiger charge is 2.19. The highest BCUT2D eigenvalue weighted by atomic mass is 35.5. The van der Waals surface area contributed by atoms with E-state index in [9.17, 15) is 9.59 Å². The number of carbonyl (C=O) groups is 2. The number of hydrogen-bond acceptors (Lipinski definition) is 9. The molecule has 0 fully saturated rings. The number of ether oxygens (including phenoxy) is 1. The Hall–Kier alpha value is -4.80. The van der Waals surface area contributed by atoms with Gasteiger partial charge in [0.05, 0.1) is 34.8 Å². The second-order valence-corrected chi connectivity index (χ2v) is 9.49. The van der Waals surface area contributed by atoms with Crippen molar-refractivity contribution >= 4 is 51.0 Å². The topological polar surface area (TPSA) is 120 Å². The molecule has 4 heterocycles. The molecular formula is C28H17ClN4O5S. The van der Waals surface area contributed by atoms with Crippen molar-refractivity contribution in [1.29, 1.82) is 0 Å². The van der Waals surface area contributed by atoms with Crippen LogP contribution in [0.5, 0.6) is 0 Å². The molecule has 0 atom stereocenters. The Morgan fingerprint density at radius 2 is 1.59 bits per heavy atom. The maximum atomic E-state index is 12.7. The Morgan fingerprint density at radius 3 is 2.28 bits per heavy atom. The van der Waals surface area contributed by atoms with Gasteiger partial charge in [0.25, 0.3) is 5.91 Å². The molecular weight excluding hydrogens is 540 g/mol. The molecule has 0 unspecified atom stereocenters. The fourth-order valence-electron chi connectivity index (χ4n) is 3.85. The summed E-state index contributed by atoms with van der Waals surface area (Å²) >= 11 is 7.46. The van der Waals surface area contributed by atoms with Crippen LogP contribution in [0.3, 0.4) is 0 Å². The number of furan rings is 2. The summed E-state index contributed by atoms with van der Waals surface area (Å²) in [7, 11) is 0. The quantitative estimate of drug-likeness (QED) is 0.215. The zero-order chi connectivity index (χ0) is 26.8. The summed E-state index contributed by atoms with van der Waals surface area (Å²) in [6, 6.07) is 19.1. The molecule has 1 amide bonds. The number of benzene rings is 2. The number of halogens is 1. The Labute approximate surface area is 230 Å². The van der Waals surface area contributed by atoms with E-state index in [1.54, 1.807) is 60.2 Å². The number of anilines is 1. The van der Waals surface area contributed by atoms with Crippen LogP contribution in [-0.4, -0.2) is 33.4 Å². The average Bonchev–Trinajstić information content (AvgIpc) is 3.74. The normalized spacial score (nSPS) is 11.0. The van der Waals surface area contributed by atoms with Crippen molar-refractivity contribution < 1.29 is 23.2 Å². The fraction of sp³-hybridized carbons (Fsp3) is 0.0357. The maximum Gasteiger partial charge on any atom is 0.338 e. The summed E-state index contributed by atoms with van der Waals surface area (Å²) in [4.78, 5) is 38.9. The second kappa shape index (κ2) is 10.5. The first-order valence-corrected chi connectivity index (χ1v) is 12.9. The molecule has 0 aliphatic rings. The van der Waals surface area contributed by atoms with Gasteiger partial charge in [0.2, 0.25) is 0 Å². The van der Waals surface area contributed by atoms with E-state index in [0.29, 0.717) is 49.8 Å². The Morgan fingerprint density at radius 1 is 0.872 bits per heavy atom. The summed E-state index contributed by atoms with van der Waals surface area (Å²) in [5.74, 6) is -0.170. The van der Waals surface area contributed by atoms with Gasteiger partial charge >= 0.3 is 5.97 Å². The van der Waals surface area contributed by atoms with Crippen LogP contribution < -0.4 is 5.32 Å². The first kappa shape index (κ1) is 24.5. The van der Waals surface area contributed by atoms with Crippen LogP contribution in [0.25, 0.3) is 45.2 Å². The van der Waals surface area contributed by atoms with Gasteiger partial charge in [-0.25, -0.2) is 19.7 Å². The van der Waals surface area contributed by atoms with Crippen LogP contribution in [0.4, 0.5) is 5.13 Å². The number of aromatic nitrogens is 3. The van der Waals surface area contributed by atoms with E-state index in [2.05, 4.69) is 20.3 Å². The first-order valence-electron chi connectivity index (χ1n) is 11.6. The Bertz CT molecular complexity index is 1800. The van der Waals surface area contributed by atoms with Crippen LogP contribution in [0.15, 0.2) is 93.5 Å². The van der Waals surface area contributed by atoms with E-state index in [-0.39, 0.29) is 5.56 Å². The number of nitrogens with zero attached hydrogens (tertiary/aromatic N) is 3. The highest BCUT2D eigenvalue weighted by Crippen LogP contribution is 2.32. The largest absolute Gasteiger partial charge is 0.463 e. The van der Waals surface area contributed by atoms with Gasteiger partial charge in [-0.2, -0.15) is 0 Å². The molecule has 0 bridgehead atoms. The van der Waals surface area contributed by atoms with Gasteiger partial charge in [-0.1, -0.05) is 29.8 Å². The number of fused-ring (bicyclic) bond motifs is 1. The molecule has 0 aliphatic carbocycles. The van der Waals surface area contributed by atoms with Gasteiger partial charge in [-0.05, 0) is 48.5 Å². The highest BCUT2D eigenvalue weighted by molar-refractivity contribution is 7.14. The lowest BCUT2D eigenvalue weighted by Crippen LogP contribution is -2.20. The predicted molar refractivity (Wildman–Crippen MR) is 146 cm³/mol. The van der Waals surface area contributed by atoms with Crippen molar-refractivity contribution in [2.24, 2.45) is 0 Å². The van der Waals surface area contributed by atoms with E-state index < -0.39 is 18.5 Å². The van der Waals surface area contributed by atoms with Crippen molar-refractivity contribution in [2.75, 3.05) is 11.9 Å². The van der Waals surface area contributed by atoms with Crippen LogP contribution in [-0.2, 0) is 9.53 Å². The van der Waals surface area contributed by atoms with Crippen LogP contribution in [0.2, 0.25) is 5.02 Å². The van der Waals surface area contributed by atoms with E-state index in [0.717, 1.165) is 5.56 Å². The summed E-state index contributed by atoms with van der Waals surface area (Å²) in [6.45, 7) is -0.487. The number of amides is 1. The van der Waals surface area contributed by atoms with Crippen LogP contribution in [0, 0.1) is 0 Å². The predicted octanol–water partition coefficient (Wildman–Crippen LogP) is 6.72. The van der Waals surface area contributed by atoms with Gasteiger partial charge in [-0.3, -0.25) is 10.1 Å². The van der Waals surface area contributed by atoms with Gasteiger partial charge < -0.3 is 13.6 Å². The first-order chi connectivity index (χ1) is 19.0. The number of esters is 1. The van der Waals surface area contributed by atoms with Gasteiger partial charge in [0, 0.05) is 16.0 Å². The monoisotopic (exact) mass is 556 g/mol. The van der Waals surface area contributed by atoms with E-state index >= 15 is 0 Å². The number of hydrogen-bond donors (Lipinski definition) is 1. The number of rotatable bonds is 7. The standard InChI is InChI=1S/C28H17ClN4O5S/c29-18-6-2-1-5-17(18)21-15-39-28(32-21)33-24(34)14-38-27(35)16-9-10-19-20(13-16)31-26(23-8-4-12-37-23)25(30-19)22-7-3-11-36-22/h1-13,15H,14H2,(H,32,33,34). The lowest BCUT2D eigenvalue weighted by molar-refractivity contribution is -0.119. The summed E-state index contributed by atoms with van der Waals surface area (Å²) in [6.07, 6.45) is 3.09. The van der Waals surface area contributed by atoms with E-state index in [1.165, 1.54) is 17.6 Å². The second-order valence-electron chi connectivity index (χ2n) is 8.22. The lowest BCUT2D eigenvalue weighted by Gasteiger charge is -2.08. The summed E-state index contributed by atoms with van der Waals surface area (Å²) in [5.41, 5.74) is 3.58. The number of nitrogens with one attached hydrogen (secondary N) is 1. The van der Waals surface area contributed by atoms with Gasteiger partial charge in [-0.15, -0.1) is 11.3 Å². The molecule has 39 heavy (non-hydrogen) atoms. The summed E-state index contributed by atoms with van der Waals surface area (Å²) < 4.78 is 16.3. The van der Waals surface area contributed by atoms with Crippen molar-refractivity contribution in [1.82, 2.24) is 15.0 Å². The Balaban J connectivity index is 1.16. The molecule has 0 saturated carbocycles. The molecule has 4 aromatic heterocycles. The lowest BCUT2D eigenvalue weighted by atomic mass is 10.1. The smallest absolute Gasteiger partial charge is 0.338 e. The fourth-order valence-corrected chi connectivity index (χ4v) is 4.80. The third-order valence-corrected chi connectivity index (χ3v) is 6.73. The van der Waals surface area contributed by atoms with E-state index in [1.807, 2.05) is 18.2 Å². The molecule has 2 aromatic carbocycles. The molecule has 6 aromatic rings. The van der Waals surface area contributed by atoms with Crippen molar-refractivity contribution in [2.45, 2.75) is 0 Å². The molecule has 11 heteroatoms. The zero-order valence-electron chi connectivity index (χ0n) is 20.0. The zero-order valence-corrected chi connectivity index (χ0v) is 21.5. The van der Waals surface area contributed by atoms with Gasteiger partial charge in [0.15, 0.2) is 23.3 Å². The molecule has 0 saturated heterocycles. The SMILES string of the molecule is O=C(COC(=O)c1ccc2nc(-c3ccco3)c(-c3ccco3)nc2c1)Nc1nc(-c2ccccc2Cl)cs1. The minimum absolute atomic E-state index is 0.219. The number of carbonyl (C=O) groups excluding carboxylic acids is 2. The third-order valence-electron chi connectivity index (χ3n) is 5.64. The summed E-state index contributed by atoms with van der Waals surface area (Å²) in [5, 5.41) is 5.35. The minimum atomic E-state index is -0.681. The van der Waals surface area contributed by atoms with Crippen molar-refractivity contribution in [3.63, 3.8) is 0 Å². The average molecular weight is 557 g/mol. The van der Waals surface area contributed by atoms with Gasteiger partial charge in [0.1, 0.15) is 11.4 Å². The maximum absolute atomic E-state index is 12.7. The molecule has 6 rings (SSSR count). The van der Waals surface area contributed by atoms with Crippen LogP contribution in [0.1, 0.15) is 10.4 Å². The van der Waals surface area contributed by atoms with Crippen LogP contribution >= 0.6 is 22.9 Å². The van der Waals surface area contributed by atoms with Crippen molar-refractivity contribution in [3.8, 4) is 34.2 Å². The molecule has 0 aliphatic heterocycles. The van der Waals surface area contributed by atoms with E-state index in [4.69, 9.17) is 25.2 Å². The molecule has 192 valence electrons. The molecule has 0 radical (unpaired) electrons. The van der Waals surface area contributed by atoms with Crippen molar-refractivity contribution in [3.05, 3.63) is 95.2 Å². The number of thiazole rings is 1. The molecule has 0 spiro atoms. The molecule has 9 nitrogen and oxygen atoms in total. The molecule has 1 N–H and O–H groups in total. The third kappa shape index (κ3) is 5.15.